The Morgan fingerprint density at radius 1 is 1.25 bits per heavy atom. The van der Waals surface area contributed by atoms with Crippen molar-refractivity contribution >= 4 is 23.2 Å². The number of aromatic nitrogens is 1. The second-order valence-electron chi connectivity index (χ2n) is 5.34. The van der Waals surface area contributed by atoms with Crippen LogP contribution in [0, 0.1) is 5.82 Å². The van der Waals surface area contributed by atoms with Gasteiger partial charge in [-0.15, -0.1) is 12.4 Å². The van der Waals surface area contributed by atoms with Gasteiger partial charge in [0.25, 0.3) is 5.56 Å². The number of likely N-dealkylation sites (tertiary alicyclic amines) is 1. The number of halogens is 2. The standard InChI is InChI=1S/C15H17FN2O.ClH/c1-18-6-4-10(5-7-18)14-9-17-15(19)13-8-11(16)2-3-12(13)14;/h2-3,8-10H,4-7H2,1H3,(H,17,19);1H. The lowest BCUT2D eigenvalue weighted by molar-refractivity contribution is 0.256. The second kappa shape index (κ2) is 5.94. The minimum Gasteiger partial charge on any atom is -0.328 e. The van der Waals surface area contributed by atoms with Crippen LogP contribution < -0.4 is 5.56 Å². The van der Waals surface area contributed by atoms with Crippen LogP contribution in [0.15, 0.2) is 29.2 Å². The van der Waals surface area contributed by atoms with Crippen molar-refractivity contribution in [2.24, 2.45) is 0 Å². The maximum Gasteiger partial charge on any atom is 0.255 e. The molecule has 1 aliphatic heterocycles. The van der Waals surface area contributed by atoms with Crippen LogP contribution in [-0.4, -0.2) is 30.0 Å². The molecule has 20 heavy (non-hydrogen) atoms. The first-order valence-corrected chi connectivity index (χ1v) is 6.64. The maximum absolute atomic E-state index is 13.3. The fraction of sp³-hybridized carbons (Fsp3) is 0.400. The third-order valence-corrected chi connectivity index (χ3v) is 4.05. The van der Waals surface area contributed by atoms with Gasteiger partial charge in [-0.2, -0.15) is 0 Å². The van der Waals surface area contributed by atoms with Crippen LogP contribution in [0.3, 0.4) is 0 Å². The van der Waals surface area contributed by atoms with E-state index in [0.29, 0.717) is 11.3 Å². The topological polar surface area (TPSA) is 36.1 Å². The molecule has 0 spiro atoms. The number of nitrogens with one attached hydrogen (secondary N) is 1. The van der Waals surface area contributed by atoms with E-state index < -0.39 is 0 Å². The number of piperidine rings is 1. The summed E-state index contributed by atoms with van der Waals surface area (Å²) in [6.45, 7) is 2.12. The van der Waals surface area contributed by atoms with Crippen LogP contribution in [0.1, 0.15) is 24.3 Å². The largest absolute Gasteiger partial charge is 0.328 e. The van der Waals surface area contributed by atoms with E-state index in [4.69, 9.17) is 0 Å². The molecule has 0 bridgehead atoms. The van der Waals surface area contributed by atoms with Gasteiger partial charge >= 0.3 is 0 Å². The number of H-pyrrole nitrogens is 1. The highest BCUT2D eigenvalue weighted by atomic mass is 35.5. The Morgan fingerprint density at radius 2 is 1.95 bits per heavy atom. The van der Waals surface area contributed by atoms with Crippen molar-refractivity contribution in [3.8, 4) is 0 Å². The number of nitrogens with zero attached hydrogens (tertiary/aromatic N) is 1. The van der Waals surface area contributed by atoms with Gasteiger partial charge < -0.3 is 9.88 Å². The zero-order valence-corrected chi connectivity index (χ0v) is 12.2. The number of aromatic amines is 1. The summed E-state index contributed by atoms with van der Waals surface area (Å²) in [5, 5.41) is 1.34. The molecule has 0 saturated carbocycles. The van der Waals surface area contributed by atoms with Crippen molar-refractivity contribution in [2.45, 2.75) is 18.8 Å². The number of hydrogen-bond donors (Lipinski definition) is 1. The van der Waals surface area contributed by atoms with Crippen molar-refractivity contribution < 1.29 is 4.39 Å². The molecule has 1 aromatic carbocycles. The Labute approximate surface area is 123 Å². The van der Waals surface area contributed by atoms with Crippen LogP contribution >= 0.6 is 12.4 Å². The highest BCUT2D eigenvalue weighted by Gasteiger charge is 2.20. The molecule has 1 fully saturated rings. The van der Waals surface area contributed by atoms with Crippen molar-refractivity contribution in [3.05, 3.63) is 46.1 Å². The van der Waals surface area contributed by atoms with E-state index in [1.165, 1.54) is 12.1 Å². The summed E-state index contributed by atoms with van der Waals surface area (Å²) in [6.07, 6.45) is 3.96. The van der Waals surface area contributed by atoms with Gasteiger partial charge in [0.2, 0.25) is 0 Å². The van der Waals surface area contributed by atoms with Gasteiger partial charge in [0.05, 0.1) is 5.39 Å². The molecule has 0 atom stereocenters. The molecule has 3 rings (SSSR count). The fourth-order valence-electron chi connectivity index (χ4n) is 2.91. The molecular weight excluding hydrogens is 279 g/mol. The van der Waals surface area contributed by atoms with Crippen molar-refractivity contribution in [3.63, 3.8) is 0 Å². The Bertz CT molecular complexity index is 662. The van der Waals surface area contributed by atoms with Crippen molar-refractivity contribution in [1.29, 1.82) is 0 Å². The van der Waals surface area contributed by atoms with Gasteiger partial charge in [-0.3, -0.25) is 4.79 Å². The van der Waals surface area contributed by atoms with Gasteiger partial charge in [-0.25, -0.2) is 4.39 Å². The molecule has 108 valence electrons. The molecular formula is C15H18ClFN2O. The lowest BCUT2D eigenvalue weighted by Crippen LogP contribution is -2.29. The summed E-state index contributed by atoms with van der Waals surface area (Å²) in [5.74, 6) is 0.0829. The quantitative estimate of drug-likeness (QED) is 0.878. The van der Waals surface area contributed by atoms with Crippen molar-refractivity contribution in [2.75, 3.05) is 20.1 Å². The number of rotatable bonds is 1. The summed E-state index contributed by atoms with van der Waals surface area (Å²) in [6, 6.07) is 4.49. The molecule has 0 radical (unpaired) electrons. The lowest BCUT2D eigenvalue weighted by atomic mass is 9.88. The van der Waals surface area contributed by atoms with Crippen LogP contribution in [0.4, 0.5) is 4.39 Å². The SMILES string of the molecule is CN1CCC(c2c[nH]c(=O)c3cc(F)ccc23)CC1.Cl. The average Bonchev–Trinajstić information content (AvgIpc) is 2.41. The zero-order valence-electron chi connectivity index (χ0n) is 11.4. The Balaban J connectivity index is 0.00000147. The van der Waals surface area contributed by atoms with Crippen molar-refractivity contribution in [1.82, 2.24) is 9.88 Å². The molecule has 1 saturated heterocycles. The van der Waals surface area contributed by atoms with Gasteiger partial charge in [0.1, 0.15) is 5.82 Å². The summed E-state index contributed by atoms with van der Waals surface area (Å²) < 4.78 is 13.3. The first-order chi connectivity index (χ1) is 9.15. The molecule has 1 N–H and O–H groups in total. The number of benzene rings is 1. The Kier molecular flexibility index (Phi) is 4.45. The van der Waals surface area contributed by atoms with Gasteiger partial charge in [-0.1, -0.05) is 6.07 Å². The Hall–Kier alpha value is -1.39. The van der Waals surface area contributed by atoms with E-state index in [9.17, 15) is 9.18 Å². The molecule has 1 aliphatic rings. The first-order valence-electron chi connectivity index (χ1n) is 6.64. The van der Waals surface area contributed by atoms with Crippen LogP contribution in [0.5, 0.6) is 0 Å². The smallest absolute Gasteiger partial charge is 0.255 e. The molecule has 1 aromatic heterocycles. The average molecular weight is 297 g/mol. The summed E-state index contributed by atoms with van der Waals surface area (Å²) >= 11 is 0. The number of pyridine rings is 1. The summed E-state index contributed by atoms with van der Waals surface area (Å²) in [5.41, 5.74) is 0.925. The number of hydrogen-bond acceptors (Lipinski definition) is 2. The highest BCUT2D eigenvalue weighted by Crippen LogP contribution is 2.31. The van der Waals surface area contributed by atoms with E-state index in [-0.39, 0.29) is 23.8 Å². The number of fused-ring (bicyclic) bond motifs is 1. The Morgan fingerprint density at radius 3 is 2.65 bits per heavy atom. The minimum atomic E-state index is -0.362. The van der Waals surface area contributed by atoms with E-state index >= 15 is 0 Å². The van der Waals surface area contributed by atoms with Gasteiger partial charge in [0.15, 0.2) is 0 Å². The zero-order chi connectivity index (χ0) is 13.4. The third kappa shape index (κ3) is 2.72. The van der Waals surface area contributed by atoms with E-state index in [1.807, 2.05) is 0 Å². The molecule has 0 unspecified atom stereocenters. The molecule has 5 heteroatoms. The third-order valence-electron chi connectivity index (χ3n) is 4.05. The predicted octanol–water partition coefficient (Wildman–Crippen LogP) is 2.90. The van der Waals surface area contributed by atoms with Gasteiger partial charge in [-0.05, 0) is 62.0 Å². The second-order valence-corrected chi connectivity index (χ2v) is 5.34. The van der Waals surface area contributed by atoms with Crippen LogP contribution in [0.25, 0.3) is 10.8 Å². The normalized spacial score (nSPS) is 17.1. The summed E-state index contributed by atoms with van der Waals surface area (Å²) in [4.78, 5) is 16.8. The van der Waals surface area contributed by atoms with Crippen LogP contribution in [-0.2, 0) is 0 Å². The van der Waals surface area contributed by atoms with E-state index in [1.54, 1.807) is 12.3 Å². The monoisotopic (exact) mass is 296 g/mol. The molecule has 3 nitrogen and oxygen atoms in total. The highest BCUT2D eigenvalue weighted by molar-refractivity contribution is 5.85. The lowest BCUT2D eigenvalue weighted by Gasteiger charge is -2.29. The predicted molar refractivity (Wildman–Crippen MR) is 81.2 cm³/mol. The molecule has 2 heterocycles. The molecule has 2 aromatic rings. The molecule has 0 amide bonds. The maximum atomic E-state index is 13.3. The van der Waals surface area contributed by atoms with E-state index in [0.717, 1.165) is 36.9 Å². The molecule has 0 aliphatic carbocycles. The summed E-state index contributed by atoms with van der Waals surface area (Å²) in [7, 11) is 2.12. The van der Waals surface area contributed by atoms with E-state index in [2.05, 4.69) is 16.9 Å². The van der Waals surface area contributed by atoms with Crippen LogP contribution in [0.2, 0.25) is 0 Å². The first kappa shape index (κ1) is 15.0. The minimum absolute atomic E-state index is 0. The van der Waals surface area contributed by atoms with Gasteiger partial charge in [0, 0.05) is 6.20 Å². The fourth-order valence-corrected chi connectivity index (χ4v) is 2.91.